The van der Waals surface area contributed by atoms with Crippen LogP contribution in [0, 0.1) is 0 Å². The molecule has 3 nitrogen and oxygen atoms in total. The maximum Gasteiger partial charge on any atom is 0.0898 e. The summed E-state index contributed by atoms with van der Waals surface area (Å²) in [6.07, 6.45) is 1.60. The first-order valence-corrected chi connectivity index (χ1v) is 7.62. The number of hydrogen-bond acceptors (Lipinski definition) is 3. The number of β-amino-alcohol motifs (C(OH)–C–C–N with tert-alkyl or cyclic N) is 1. The van der Waals surface area contributed by atoms with Gasteiger partial charge in [0.1, 0.15) is 0 Å². The molecule has 1 atom stereocenters. The van der Waals surface area contributed by atoms with Crippen LogP contribution in [0.5, 0.6) is 0 Å². The van der Waals surface area contributed by atoms with Crippen molar-refractivity contribution >= 4 is 11.6 Å². The molecule has 0 spiro atoms. The molecule has 0 saturated heterocycles. The summed E-state index contributed by atoms with van der Waals surface area (Å²) < 4.78 is 5.52. The van der Waals surface area contributed by atoms with Gasteiger partial charge in [-0.05, 0) is 37.5 Å². The highest BCUT2D eigenvalue weighted by Crippen LogP contribution is 2.13. The molecule has 4 heteroatoms. The molecule has 0 bridgehead atoms. The van der Waals surface area contributed by atoms with E-state index in [0.717, 1.165) is 23.4 Å². The lowest BCUT2D eigenvalue weighted by Gasteiger charge is -2.29. The molecule has 1 aromatic rings. The lowest BCUT2D eigenvalue weighted by atomic mass is 9.95. The number of rotatable bonds is 9. The molecular formula is C16H26ClNO2. The topological polar surface area (TPSA) is 41.5 Å². The van der Waals surface area contributed by atoms with Gasteiger partial charge in [-0.1, -0.05) is 37.6 Å². The van der Waals surface area contributed by atoms with Gasteiger partial charge in [0.05, 0.1) is 19.3 Å². The summed E-state index contributed by atoms with van der Waals surface area (Å²) in [5.74, 6) is 0. The Morgan fingerprint density at radius 3 is 2.40 bits per heavy atom. The Morgan fingerprint density at radius 2 is 1.85 bits per heavy atom. The zero-order chi connectivity index (χ0) is 15.0. The average Bonchev–Trinajstić information content (AvgIpc) is 2.47. The van der Waals surface area contributed by atoms with Gasteiger partial charge >= 0.3 is 0 Å². The normalized spacial score (nSPS) is 13.4. The molecule has 1 rings (SSSR count). The highest BCUT2D eigenvalue weighted by Gasteiger charge is 2.19. The van der Waals surface area contributed by atoms with E-state index in [1.54, 1.807) is 0 Å². The predicted molar refractivity (Wildman–Crippen MR) is 84.1 cm³/mol. The van der Waals surface area contributed by atoms with E-state index in [1.807, 2.05) is 24.3 Å². The fourth-order valence-corrected chi connectivity index (χ4v) is 1.94. The third-order valence-corrected chi connectivity index (χ3v) is 4.07. The Labute approximate surface area is 127 Å². The maximum atomic E-state index is 9.92. The minimum absolute atomic E-state index is 0.0944. The summed E-state index contributed by atoms with van der Waals surface area (Å²) in [6, 6.07) is 7.54. The summed E-state index contributed by atoms with van der Waals surface area (Å²) >= 11 is 5.82. The molecule has 0 heterocycles. The molecule has 114 valence electrons. The summed E-state index contributed by atoms with van der Waals surface area (Å²) in [5, 5.41) is 14.0. The number of benzene rings is 1. The van der Waals surface area contributed by atoms with Crippen molar-refractivity contribution in [1.82, 2.24) is 5.32 Å². The Bertz CT molecular complexity index is 377. The number of nitrogens with one attached hydrogen (secondary N) is 1. The zero-order valence-electron chi connectivity index (χ0n) is 12.7. The third kappa shape index (κ3) is 6.23. The van der Waals surface area contributed by atoms with Gasteiger partial charge in [-0.15, -0.1) is 0 Å². The number of hydrogen-bond donors (Lipinski definition) is 2. The van der Waals surface area contributed by atoms with Crippen LogP contribution in [-0.4, -0.2) is 29.9 Å². The molecule has 0 radical (unpaired) electrons. The highest BCUT2D eigenvalue weighted by molar-refractivity contribution is 6.30. The quantitative estimate of drug-likeness (QED) is 0.734. The van der Waals surface area contributed by atoms with Crippen LogP contribution in [0.25, 0.3) is 0 Å². The van der Waals surface area contributed by atoms with Crippen molar-refractivity contribution in [2.45, 2.75) is 51.9 Å². The third-order valence-electron chi connectivity index (χ3n) is 3.82. The lowest BCUT2D eigenvalue weighted by molar-refractivity contribution is 0.0249. The summed E-state index contributed by atoms with van der Waals surface area (Å²) in [4.78, 5) is 0. The Kier molecular flexibility index (Phi) is 7.52. The van der Waals surface area contributed by atoms with Crippen LogP contribution in [0.2, 0.25) is 5.02 Å². The van der Waals surface area contributed by atoms with E-state index in [2.05, 4.69) is 26.1 Å². The summed E-state index contributed by atoms with van der Waals surface area (Å²) in [6.45, 7) is 7.86. The van der Waals surface area contributed by atoms with E-state index >= 15 is 0 Å². The molecule has 0 saturated carbocycles. The summed E-state index contributed by atoms with van der Waals surface area (Å²) in [5.41, 5.74) is 1.15. The first kappa shape index (κ1) is 17.4. The number of aliphatic hydroxyl groups is 1. The van der Waals surface area contributed by atoms with Crippen molar-refractivity contribution < 1.29 is 9.84 Å². The van der Waals surface area contributed by atoms with Gasteiger partial charge in [0, 0.05) is 17.1 Å². The van der Waals surface area contributed by atoms with Crippen LogP contribution in [0.3, 0.4) is 0 Å². The van der Waals surface area contributed by atoms with Crippen molar-refractivity contribution in [2.24, 2.45) is 0 Å². The lowest BCUT2D eigenvalue weighted by Crippen LogP contribution is -2.45. The van der Waals surface area contributed by atoms with Crippen LogP contribution < -0.4 is 5.32 Å². The molecule has 0 aliphatic carbocycles. The molecule has 1 unspecified atom stereocenters. The second-order valence-electron chi connectivity index (χ2n) is 5.44. The monoisotopic (exact) mass is 299 g/mol. The van der Waals surface area contributed by atoms with Gasteiger partial charge in [0.2, 0.25) is 0 Å². The van der Waals surface area contributed by atoms with Crippen molar-refractivity contribution in [3.05, 3.63) is 34.9 Å². The maximum absolute atomic E-state index is 9.92. The fourth-order valence-electron chi connectivity index (χ4n) is 1.82. The van der Waals surface area contributed by atoms with Gasteiger partial charge in [-0.3, -0.25) is 0 Å². The molecule has 1 aromatic carbocycles. The molecule has 0 aromatic heterocycles. The van der Waals surface area contributed by atoms with Gasteiger partial charge in [-0.2, -0.15) is 0 Å². The Morgan fingerprint density at radius 1 is 1.25 bits per heavy atom. The van der Waals surface area contributed by atoms with Crippen molar-refractivity contribution in [1.29, 1.82) is 0 Å². The smallest absolute Gasteiger partial charge is 0.0898 e. The minimum Gasteiger partial charge on any atom is -0.389 e. The number of ether oxygens (including phenoxy) is 1. The zero-order valence-corrected chi connectivity index (χ0v) is 13.4. The standard InChI is InChI=1S/C16H26ClNO2/c1-4-16(3,5-2)18-10-15(19)12-20-11-13-6-8-14(17)9-7-13/h6-9,15,18-19H,4-5,10-12H2,1-3H3. The van der Waals surface area contributed by atoms with Gasteiger partial charge in [0.25, 0.3) is 0 Å². The highest BCUT2D eigenvalue weighted by atomic mass is 35.5. The van der Waals surface area contributed by atoms with Crippen LogP contribution in [0.15, 0.2) is 24.3 Å². The minimum atomic E-state index is -0.486. The number of aliphatic hydroxyl groups excluding tert-OH is 1. The van der Waals surface area contributed by atoms with Gasteiger partial charge in [-0.25, -0.2) is 0 Å². The van der Waals surface area contributed by atoms with Gasteiger partial charge in [0.15, 0.2) is 0 Å². The van der Waals surface area contributed by atoms with Crippen LogP contribution in [-0.2, 0) is 11.3 Å². The largest absolute Gasteiger partial charge is 0.389 e. The SMILES string of the molecule is CCC(C)(CC)NCC(O)COCc1ccc(Cl)cc1. The van der Waals surface area contributed by atoms with Crippen molar-refractivity contribution in [3.63, 3.8) is 0 Å². The average molecular weight is 300 g/mol. The summed E-state index contributed by atoms with van der Waals surface area (Å²) in [7, 11) is 0. The predicted octanol–water partition coefficient (Wildman–Crippen LogP) is 3.39. The molecule has 0 aliphatic heterocycles. The van der Waals surface area contributed by atoms with E-state index in [0.29, 0.717) is 19.8 Å². The van der Waals surface area contributed by atoms with E-state index < -0.39 is 6.10 Å². The van der Waals surface area contributed by atoms with Crippen molar-refractivity contribution in [3.8, 4) is 0 Å². The van der Waals surface area contributed by atoms with E-state index in [1.165, 1.54) is 0 Å². The van der Waals surface area contributed by atoms with Crippen molar-refractivity contribution in [2.75, 3.05) is 13.2 Å². The van der Waals surface area contributed by atoms with Crippen LogP contribution in [0.1, 0.15) is 39.2 Å². The van der Waals surface area contributed by atoms with Crippen LogP contribution in [0.4, 0.5) is 0 Å². The van der Waals surface area contributed by atoms with Crippen LogP contribution >= 0.6 is 11.6 Å². The first-order chi connectivity index (χ1) is 9.49. The molecule has 2 N–H and O–H groups in total. The van der Waals surface area contributed by atoms with E-state index in [4.69, 9.17) is 16.3 Å². The Hall–Kier alpha value is -0.610. The Balaban J connectivity index is 2.23. The second-order valence-corrected chi connectivity index (χ2v) is 5.88. The molecular weight excluding hydrogens is 274 g/mol. The van der Waals surface area contributed by atoms with E-state index in [9.17, 15) is 5.11 Å². The van der Waals surface area contributed by atoms with Gasteiger partial charge < -0.3 is 15.2 Å². The fraction of sp³-hybridized carbons (Fsp3) is 0.625. The second kappa shape index (κ2) is 8.63. The molecule has 0 aliphatic rings. The molecule has 0 fully saturated rings. The molecule has 0 amide bonds. The van der Waals surface area contributed by atoms with E-state index in [-0.39, 0.29) is 5.54 Å². The number of halogens is 1. The first-order valence-electron chi connectivity index (χ1n) is 7.24. The molecule has 20 heavy (non-hydrogen) atoms.